The molecule has 0 bridgehead atoms. The lowest BCUT2D eigenvalue weighted by Gasteiger charge is -2.31. The highest BCUT2D eigenvalue weighted by Crippen LogP contribution is 2.36. The number of benzene rings is 1. The van der Waals surface area contributed by atoms with Crippen molar-refractivity contribution in [2.45, 2.75) is 26.2 Å². The Labute approximate surface area is 159 Å². The molecule has 2 aromatic heterocycles. The molecular weight excluding hydrogens is 338 g/mol. The zero-order valence-electron chi connectivity index (χ0n) is 16.0. The molecule has 1 aliphatic heterocycles. The van der Waals surface area contributed by atoms with Gasteiger partial charge in [-0.15, -0.1) is 0 Å². The predicted molar refractivity (Wildman–Crippen MR) is 107 cm³/mol. The van der Waals surface area contributed by atoms with Gasteiger partial charge in [-0.2, -0.15) is 9.61 Å². The zero-order chi connectivity index (χ0) is 18.4. The second-order valence-corrected chi connectivity index (χ2v) is 7.38. The Morgan fingerprint density at radius 3 is 2.59 bits per heavy atom. The lowest BCUT2D eigenvalue weighted by atomic mass is 10.1. The molecule has 0 unspecified atom stereocenters. The van der Waals surface area contributed by atoms with E-state index in [4.69, 9.17) is 14.8 Å². The largest absolute Gasteiger partial charge is 0.497 e. The Kier molecular flexibility index (Phi) is 4.01. The number of aromatic nitrogens is 3. The van der Waals surface area contributed by atoms with Crippen LogP contribution in [0.5, 0.6) is 5.75 Å². The van der Waals surface area contributed by atoms with Gasteiger partial charge in [-0.05, 0) is 43.9 Å². The third-order valence-electron chi connectivity index (χ3n) is 5.73. The van der Waals surface area contributed by atoms with Crippen molar-refractivity contribution in [2.24, 2.45) is 0 Å². The van der Waals surface area contributed by atoms with Crippen molar-refractivity contribution in [3.8, 4) is 16.9 Å². The number of nitrogens with zero attached hydrogens (tertiary/aromatic N) is 4. The van der Waals surface area contributed by atoms with E-state index in [9.17, 15) is 0 Å². The van der Waals surface area contributed by atoms with Crippen LogP contribution in [0.25, 0.3) is 16.8 Å². The van der Waals surface area contributed by atoms with E-state index in [1.807, 2.05) is 12.1 Å². The van der Waals surface area contributed by atoms with Crippen molar-refractivity contribution in [3.05, 3.63) is 41.2 Å². The maximum atomic E-state index is 5.31. The minimum absolute atomic E-state index is 0.864. The van der Waals surface area contributed by atoms with Gasteiger partial charge in [-0.25, -0.2) is 4.98 Å². The van der Waals surface area contributed by atoms with Gasteiger partial charge in [0.1, 0.15) is 11.6 Å². The smallest absolute Gasteiger partial charge is 0.165 e. The molecule has 6 nitrogen and oxygen atoms in total. The highest BCUT2D eigenvalue weighted by molar-refractivity contribution is 5.82. The van der Waals surface area contributed by atoms with Crippen LogP contribution in [0.3, 0.4) is 0 Å². The summed E-state index contributed by atoms with van der Waals surface area (Å²) in [4.78, 5) is 7.56. The lowest BCUT2D eigenvalue weighted by Crippen LogP contribution is -2.44. The summed E-state index contributed by atoms with van der Waals surface area (Å²) in [6.07, 6.45) is 3.36. The summed E-state index contributed by atoms with van der Waals surface area (Å²) in [5.74, 6) is 2.13. The first-order chi connectivity index (χ1) is 13.3. The average molecular weight is 363 g/mol. The molecule has 1 aliphatic carbocycles. The van der Waals surface area contributed by atoms with Crippen LogP contribution in [0.2, 0.25) is 0 Å². The highest BCUT2D eigenvalue weighted by Gasteiger charge is 2.27. The van der Waals surface area contributed by atoms with Gasteiger partial charge in [-0.3, -0.25) is 0 Å². The number of methoxy groups -OCH3 is 1. The molecule has 1 fully saturated rings. The molecule has 0 amide bonds. The molecule has 2 aliphatic rings. The van der Waals surface area contributed by atoms with Crippen molar-refractivity contribution in [1.82, 2.24) is 19.9 Å². The monoisotopic (exact) mass is 363 g/mol. The van der Waals surface area contributed by atoms with E-state index in [1.165, 1.54) is 23.5 Å². The van der Waals surface area contributed by atoms with Crippen LogP contribution in [-0.2, 0) is 12.8 Å². The second kappa shape index (κ2) is 6.53. The van der Waals surface area contributed by atoms with Gasteiger partial charge in [0, 0.05) is 43.0 Å². The minimum atomic E-state index is 0.864. The van der Waals surface area contributed by atoms with Crippen LogP contribution >= 0.6 is 0 Å². The van der Waals surface area contributed by atoms with Crippen LogP contribution < -0.4 is 15.0 Å². The van der Waals surface area contributed by atoms with Crippen LogP contribution in [0.4, 0.5) is 5.82 Å². The standard InChI is InChI=1S/C21H25N5O/c1-14-19(15-6-8-16(27-2)9-7-15)20-23-18-5-3-4-17(18)21(26(20)24-14)25-12-10-22-11-13-25/h6-9,22H,3-5,10-13H2,1-2H3. The van der Waals surface area contributed by atoms with Gasteiger partial charge in [0.2, 0.25) is 0 Å². The van der Waals surface area contributed by atoms with Crippen LogP contribution in [0, 0.1) is 6.92 Å². The maximum Gasteiger partial charge on any atom is 0.165 e. The van der Waals surface area contributed by atoms with Gasteiger partial charge in [0.25, 0.3) is 0 Å². The number of piperazine rings is 1. The Morgan fingerprint density at radius 2 is 1.85 bits per heavy atom. The summed E-state index contributed by atoms with van der Waals surface area (Å²) in [7, 11) is 1.69. The fraction of sp³-hybridized carbons (Fsp3) is 0.429. The normalized spacial score (nSPS) is 16.7. The fourth-order valence-corrected chi connectivity index (χ4v) is 4.41. The molecule has 1 N–H and O–H groups in total. The molecule has 5 rings (SSSR count). The highest BCUT2D eigenvalue weighted by atomic mass is 16.5. The Morgan fingerprint density at radius 1 is 1.07 bits per heavy atom. The van der Waals surface area contributed by atoms with Gasteiger partial charge < -0.3 is 15.0 Å². The number of aryl methyl sites for hydroxylation is 2. The molecule has 140 valence electrons. The Balaban J connectivity index is 1.73. The zero-order valence-corrected chi connectivity index (χ0v) is 16.0. The fourth-order valence-electron chi connectivity index (χ4n) is 4.41. The number of hydrogen-bond donors (Lipinski definition) is 1. The van der Waals surface area contributed by atoms with Gasteiger partial charge >= 0.3 is 0 Å². The topological polar surface area (TPSA) is 54.7 Å². The predicted octanol–water partition coefficient (Wildman–Crippen LogP) is 2.61. The molecule has 0 radical (unpaired) electrons. The van der Waals surface area contributed by atoms with Crippen molar-refractivity contribution in [3.63, 3.8) is 0 Å². The van der Waals surface area contributed by atoms with E-state index in [0.717, 1.165) is 67.2 Å². The average Bonchev–Trinajstić information content (AvgIpc) is 3.30. The maximum absolute atomic E-state index is 5.31. The molecule has 0 spiro atoms. The van der Waals surface area contributed by atoms with E-state index in [-0.39, 0.29) is 0 Å². The van der Waals surface area contributed by atoms with Crippen molar-refractivity contribution in [2.75, 3.05) is 38.2 Å². The number of hydrogen-bond acceptors (Lipinski definition) is 5. The molecule has 0 atom stereocenters. The van der Waals surface area contributed by atoms with E-state index in [0.29, 0.717) is 0 Å². The van der Waals surface area contributed by atoms with Crippen LogP contribution in [0.1, 0.15) is 23.4 Å². The van der Waals surface area contributed by atoms with Crippen LogP contribution in [0.15, 0.2) is 24.3 Å². The Hall–Kier alpha value is -2.60. The molecule has 6 heteroatoms. The van der Waals surface area contributed by atoms with E-state index in [1.54, 1.807) is 7.11 Å². The number of nitrogens with one attached hydrogen (secondary N) is 1. The SMILES string of the molecule is COc1ccc(-c2c(C)nn3c(N4CCNCC4)c4c(nc23)CCC4)cc1. The molecule has 0 saturated carbocycles. The van der Waals surface area contributed by atoms with Crippen LogP contribution in [-0.4, -0.2) is 47.9 Å². The Bertz CT molecular complexity index is 986. The van der Waals surface area contributed by atoms with Crippen molar-refractivity contribution in [1.29, 1.82) is 0 Å². The third-order valence-corrected chi connectivity index (χ3v) is 5.73. The first-order valence-electron chi connectivity index (χ1n) is 9.77. The van der Waals surface area contributed by atoms with E-state index in [2.05, 4.69) is 33.8 Å². The lowest BCUT2D eigenvalue weighted by molar-refractivity contribution is 0.415. The van der Waals surface area contributed by atoms with Gasteiger partial charge in [0.15, 0.2) is 5.65 Å². The summed E-state index contributed by atoms with van der Waals surface area (Å²) in [5.41, 5.74) is 6.92. The quantitative estimate of drug-likeness (QED) is 0.775. The molecule has 1 aromatic carbocycles. The van der Waals surface area contributed by atoms with E-state index < -0.39 is 0 Å². The molecule has 3 aromatic rings. The molecule has 1 saturated heterocycles. The number of anilines is 1. The summed E-state index contributed by atoms with van der Waals surface area (Å²) in [6, 6.07) is 8.20. The summed E-state index contributed by atoms with van der Waals surface area (Å²) >= 11 is 0. The first kappa shape index (κ1) is 16.6. The number of ether oxygens (including phenoxy) is 1. The van der Waals surface area contributed by atoms with Crippen molar-refractivity contribution < 1.29 is 4.74 Å². The van der Waals surface area contributed by atoms with E-state index >= 15 is 0 Å². The van der Waals surface area contributed by atoms with Gasteiger partial charge in [-0.1, -0.05) is 12.1 Å². The number of fused-ring (bicyclic) bond motifs is 2. The summed E-state index contributed by atoms with van der Waals surface area (Å²) in [6.45, 7) is 6.15. The third kappa shape index (κ3) is 2.67. The molecule has 27 heavy (non-hydrogen) atoms. The number of rotatable bonds is 3. The molecule has 3 heterocycles. The van der Waals surface area contributed by atoms with Crippen molar-refractivity contribution >= 4 is 11.5 Å². The molecular formula is C21H25N5O. The first-order valence-corrected chi connectivity index (χ1v) is 9.77. The summed E-state index contributed by atoms with van der Waals surface area (Å²) in [5, 5.41) is 8.40. The minimum Gasteiger partial charge on any atom is -0.497 e. The second-order valence-electron chi connectivity index (χ2n) is 7.38. The summed E-state index contributed by atoms with van der Waals surface area (Å²) < 4.78 is 7.42. The van der Waals surface area contributed by atoms with Gasteiger partial charge in [0.05, 0.1) is 12.8 Å².